The van der Waals surface area contributed by atoms with Crippen molar-refractivity contribution in [3.63, 3.8) is 0 Å². The second kappa shape index (κ2) is 7.10. The lowest BCUT2D eigenvalue weighted by Crippen LogP contribution is -2.35. The maximum Gasteiger partial charge on any atom is 0.355 e. The van der Waals surface area contributed by atoms with Crippen molar-refractivity contribution in [3.8, 4) is 0 Å². The van der Waals surface area contributed by atoms with Gasteiger partial charge in [0.2, 0.25) is 10.0 Å². The number of sulfonamides is 1. The van der Waals surface area contributed by atoms with Gasteiger partial charge in [0, 0.05) is 23.1 Å². The van der Waals surface area contributed by atoms with Crippen LogP contribution < -0.4 is 4.72 Å². The fourth-order valence-corrected chi connectivity index (χ4v) is 4.21. The van der Waals surface area contributed by atoms with E-state index in [1.54, 1.807) is 25.1 Å². The van der Waals surface area contributed by atoms with Crippen molar-refractivity contribution >= 4 is 39.2 Å². The van der Waals surface area contributed by atoms with E-state index in [1.807, 2.05) is 0 Å². The summed E-state index contributed by atoms with van der Waals surface area (Å²) in [4.78, 5) is 10.8. The van der Waals surface area contributed by atoms with Gasteiger partial charge < -0.3 is 5.11 Å². The molecule has 1 unspecified atom stereocenters. The molecule has 1 heterocycles. The van der Waals surface area contributed by atoms with Crippen molar-refractivity contribution in [1.29, 1.82) is 0 Å². The van der Waals surface area contributed by atoms with Crippen LogP contribution in [0, 0.1) is 0 Å². The van der Waals surface area contributed by atoms with Crippen molar-refractivity contribution in [2.24, 2.45) is 7.05 Å². The van der Waals surface area contributed by atoms with Gasteiger partial charge >= 0.3 is 5.97 Å². The number of rotatable bonds is 6. The highest BCUT2D eigenvalue weighted by molar-refractivity contribution is 7.89. The summed E-state index contributed by atoms with van der Waals surface area (Å²) in [5.74, 6) is -1.38. The summed E-state index contributed by atoms with van der Waals surface area (Å²) in [5, 5.41) is 13.7. The Morgan fingerprint density at radius 1 is 1.38 bits per heavy atom. The molecule has 130 valence electrons. The topological polar surface area (TPSA) is 101 Å². The number of nitrogens with one attached hydrogen (secondary N) is 1. The fraction of sp³-hybridized carbons (Fsp3) is 0.286. The van der Waals surface area contributed by atoms with Gasteiger partial charge in [-0.05, 0) is 31.0 Å². The molecule has 0 amide bonds. The summed E-state index contributed by atoms with van der Waals surface area (Å²) in [6.07, 6.45) is 1.25. The van der Waals surface area contributed by atoms with E-state index in [4.69, 9.17) is 28.3 Å². The molecule has 0 aliphatic carbocycles. The maximum atomic E-state index is 12.4. The number of carboxylic acid groups (broad SMARTS) is 1. The minimum Gasteiger partial charge on any atom is -0.476 e. The van der Waals surface area contributed by atoms with Gasteiger partial charge in [-0.15, -0.1) is 0 Å². The Balaban J connectivity index is 2.25. The molecular formula is C14H15Cl2N3O4S. The largest absolute Gasteiger partial charge is 0.476 e. The number of hydrogen-bond acceptors (Lipinski definition) is 4. The number of carbonyl (C=O) groups is 1. The lowest BCUT2D eigenvalue weighted by molar-refractivity contribution is 0.0680. The van der Waals surface area contributed by atoms with Gasteiger partial charge in [0.1, 0.15) is 4.90 Å². The molecule has 24 heavy (non-hydrogen) atoms. The van der Waals surface area contributed by atoms with E-state index in [2.05, 4.69) is 9.82 Å². The predicted molar refractivity (Wildman–Crippen MR) is 90.1 cm³/mol. The molecule has 2 aromatic rings. The summed E-state index contributed by atoms with van der Waals surface area (Å²) < 4.78 is 28.3. The first-order chi connectivity index (χ1) is 11.1. The van der Waals surface area contributed by atoms with Crippen LogP contribution in [0.1, 0.15) is 23.0 Å². The molecule has 0 saturated carbocycles. The van der Waals surface area contributed by atoms with E-state index >= 15 is 0 Å². The molecule has 2 N–H and O–H groups in total. The fourth-order valence-electron chi connectivity index (χ4n) is 2.26. The summed E-state index contributed by atoms with van der Waals surface area (Å²) >= 11 is 12.2. The van der Waals surface area contributed by atoms with Crippen molar-refractivity contribution in [2.75, 3.05) is 0 Å². The molecule has 0 aliphatic heterocycles. The number of halogens is 2. The van der Waals surface area contributed by atoms with E-state index in [9.17, 15) is 13.2 Å². The highest BCUT2D eigenvalue weighted by atomic mass is 35.5. The zero-order chi connectivity index (χ0) is 18.1. The van der Waals surface area contributed by atoms with Gasteiger partial charge in [0.15, 0.2) is 5.69 Å². The van der Waals surface area contributed by atoms with Crippen molar-refractivity contribution in [3.05, 3.63) is 45.7 Å². The first kappa shape index (κ1) is 18.7. The first-order valence-corrected chi connectivity index (χ1v) is 9.08. The molecular weight excluding hydrogens is 377 g/mol. The van der Waals surface area contributed by atoms with E-state index in [0.29, 0.717) is 15.6 Å². The van der Waals surface area contributed by atoms with Gasteiger partial charge in [-0.25, -0.2) is 17.9 Å². The summed E-state index contributed by atoms with van der Waals surface area (Å²) in [6.45, 7) is 1.63. The standard InChI is InChI=1S/C14H15Cl2N3O4S/c1-8(6-9-10(15)4-3-5-11(9)16)18-24(22,23)12-7-17-19(2)13(12)14(20)21/h3-5,7-8,18H,6H2,1-2H3,(H,20,21). The lowest BCUT2D eigenvalue weighted by Gasteiger charge is -2.15. The third kappa shape index (κ3) is 3.89. The number of aromatic nitrogens is 2. The smallest absolute Gasteiger partial charge is 0.355 e. The number of nitrogens with zero attached hydrogens (tertiary/aromatic N) is 2. The highest BCUT2D eigenvalue weighted by Gasteiger charge is 2.28. The molecule has 1 aromatic heterocycles. The van der Waals surface area contributed by atoms with Crippen LogP contribution in [0.25, 0.3) is 0 Å². The number of carboxylic acids is 1. The average Bonchev–Trinajstić information content (AvgIpc) is 2.85. The zero-order valence-corrected chi connectivity index (χ0v) is 15.2. The van der Waals surface area contributed by atoms with E-state index in [-0.39, 0.29) is 6.42 Å². The average molecular weight is 392 g/mol. The Morgan fingerprint density at radius 3 is 2.50 bits per heavy atom. The number of benzene rings is 1. The van der Waals surface area contributed by atoms with Crippen LogP contribution in [0.4, 0.5) is 0 Å². The third-order valence-electron chi connectivity index (χ3n) is 3.33. The van der Waals surface area contributed by atoms with Gasteiger partial charge in [0.25, 0.3) is 0 Å². The van der Waals surface area contributed by atoms with Crippen molar-refractivity contribution in [1.82, 2.24) is 14.5 Å². The Hall–Kier alpha value is -1.61. The van der Waals surface area contributed by atoms with E-state index in [1.165, 1.54) is 7.05 Å². The highest BCUT2D eigenvalue weighted by Crippen LogP contribution is 2.26. The molecule has 0 aliphatic rings. The van der Waals surface area contributed by atoms with Crippen LogP contribution in [0.3, 0.4) is 0 Å². The minimum absolute atomic E-state index is 0.250. The summed E-state index contributed by atoms with van der Waals surface area (Å²) in [5.41, 5.74) is 0.200. The Kier molecular flexibility index (Phi) is 5.54. The Bertz CT molecular complexity index is 860. The van der Waals surface area contributed by atoms with Gasteiger partial charge in [-0.2, -0.15) is 5.10 Å². The molecule has 0 spiro atoms. The van der Waals surface area contributed by atoms with Crippen LogP contribution in [-0.4, -0.2) is 35.3 Å². The van der Waals surface area contributed by atoms with Crippen LogP contribution in [0.15, 0.2) is 29.3 Å². The summed E-state index contributed by atoms with van der Waals surface area (Å²) in [7, 11) is -2.70. The lowest BCUT2D eigenvalue weighted by atomic mass is 10.1. The predicted octanol–water partition coefficient (Wildman–Crippen LogP) is 2.33. The first-order valence-electron chi connectivity index (χ1n) is 6.84. The molecule has 0 radical (unpaired) electrons. The second-order valence-electron chi connectivity index (χ2n) is 5.21. The summed E-state index contributed by atoms with van der Waals surface area (Å²) in [6, 6.07) is 4.45. The van der Waals surface area contributed by atoms with Gasteiger partial charge in [0.05, 0.1) is 6.20 Å². The van der Waals surface area contributed by atoms with Crippen LogP contribution in [0.2, 0.25) is 10.0 Å². The molecule has 2 rings (SSSR count). The third-order valence-corrected chi connectivity index (χ3v) is 5.62. The molecule has 0 saturated heterocycles. The van der Waals surface area contributed by atoms with Crippen LogP contribution in [-0.2, 0) is 23.5 Å². The van der Waals surface area contributed by atoms with Crippen molar-refractivity contribution in [2.45, 2.75) is 24.3 Å². The van der Waals surface area contributed by atoms with Gasteiger partial charge in [-0.3, -0.25) is 4.68 Å². The molecule has 0 fully saturated rings. The van der Waals surface area contributed by atoms with E-state index in [0.717, 1.165) is 10.9 Å². The zero-order valence-electron chi connectivity index (χ0n) is 12.8. The van der Waals surface area contributed by atoms with Crippen LogP contribution in [0.5, 0.6) is 0 Å². The molecule has 1 atom stereocenters. The van der Waals surface area contributed by atoms with E-state index < -0.39 is 32.6 Å². The monoisotopic (exact) mass is 391 g/mol. The molecule has 1 aromatic carbocycles. The quantitative estimate of drug-likeness (QED) is 0.786. The minimum atomic E-state index is -4.06. The SMILES string of the molecule is CC(Cc1c(Cl)cccc1Cl)NS(=O)(=O)c1cnn(C)c1C(=O)O. The Labute approximate surface area is 149 Å². The molecule has 10 heteroatoms. The Morgan fingerprint density at radius 2 is 1.96 bits per heavy atom. The molecule has 0 bridgehead atoms. The second-order valence-corrected chi connectivity index (χ2v) is 7.71. The number of hydrogen-bond donors (Lipinski definition) is 2. The van der Waals surface area contributed by atoms with Crippen molar-refractivity contribution < 1.29 is 18.3 Å². The van der Waals surface area contributed by atoms with Gasteiger partial charge in [-0.1, -0.05) is 29.3 Å². The normalized spacial score (nSPS) is 13.0. The molecule has 7 nitrogen and oxygen atoms in total. The number of aromatic carboxylic acids is 1. The van der Waals surface area contributed by atoms with Crippen LogP contribution >= 0.6 is 23.2 Å². The maximum absolute atomic E-state index is 12.4. The number of aryl methyl sites for hydroxylation is 1.